The van der Waals surface area contributed by atoms with Crippen LogP contribution in [0.25, 0.3) is 0 Å². The molecule has 0 aromatic carbocycles. The SMILES string of the molecule is CC/C=C\C/C=C\C/C=C\C/C=C\C/C=C\CC(=O)OCC(COC(=O)CCCCCCCCCCCC/C=C\C/C=C\C/C=C\C/C=C\CC)OC(=O)CCCCCCCC/C=C\C/C=C\C/C=C\CCCCC. The number of hydrogen-bond donors (Lipinski definition) is 0. The Morgan fingerprint density at radius 3 is 0.933 bits per heavy atom. The molecule has 422 valence electrons. The maximum absolute atomic E-state index is 12.9. The van der Waals surface area contributed by atoms with E-state index in [0.29, 0.717) is 6.42 Å². The zero-order chi connectivity index (χ0) is 54.3. The number of allylic oxidation sites excluding steroid dienone is 23. The maximum atomic E-state index is 12.9. The van der Waals surface area contributed by atoms with Crippen LogP contribution in [-0.4, -0.2) is 37.2 Å². The lowest BCUT2D eigenvalue weighted by atomic mass is 10.1. The molecular weight excluding hydrogens is 925 g/mol. The minimum Gasteiger partial charge on any atom is -0.462 e. The fraction of sp³-hybridized carbons (Fsp3) is 0.609. The van der Waals surface area contributed by atoms with Crippen LogP contribution in [0.15, 0.2) is 146 Å². The van der Waals surface area contributed by atoms with Crippen molar-refractivity contribution in [2.24, 2.45) is 0 Å². The number of hydrogen-bond acceptors (Lipinski definition) is 6. The Balaban J connectivity index is 4.49. The first-order valence-corrected chi connectivity index (χ1v) is 30.3. The first-order valence-electron chi connectivity index (χ1n) is 30.3. The van der Waals surface area contributed by atoms with Crippen molar-refractivity contribution in [2.75, 3.05) is 13.2 Å². The summed E-state index contributed by atoms with van der Waals surface area (Å²) in [5.41, 5.74) is 0. The van der Waals surface area contributed by atoms with Crippen molar-refractivity contribution in [3.05, 3.63) is 146 Å². The summed E-state index contributed by atoms with van der Waals surface area (Å²) in [6, 6.07) is 0. The predicted molar refractivity (Wildman–Crippen MR) is 325 cm³/mol. The van der Waals surface area contributed by atoms with E-state index in [9.17, 15) is 14.4 Å². The molecule has 0 aliphatic heterocycles. The zero-order valence-corrected chi connectivity index (χ0v) is 48.3. The van der Waals surface area contributed by atoms with Crippen molar-refractivity contribution < 1.29 is 28.6 Å². The van der Waals surface area contributed by atoms with Gasteiger partial charge < -0.3 is 14.2 Å². The van der Waals surface area contributed by atoms with E-state index in [1.165, 1.54) is 89.9 Å². The molecule has 0 N–H and O–H groups in total. The summed E-state index contributed by atoms with van der Waals surface area (Å²) >= 11 is 0. The van der Waals surface area contributed by atoms with Crippen molar-refractivity contribution in [1.82, 2.24) is 0 Å². The molecule has 0 aromatic rings. The van der Waals surface area contributed by atoms with E-state index in [2.05, 4.69) is 154 Å². The van der Waals surface area contributed by atoms with Gasteiger partial charge in [-0.15, -0.1) is 0 Å². The summed E-state index contributed by atoms with van der Waals surface area (Å²) in [5.74, 6) is -1.07. The molecular formula is C69H110O6. The van der Waals surface area contributed by atoms with Gasteiger partial charge in [0.25, 0.3) is 0 Å². The molecule has 0 amide bonds. The van der Waals surface area contributed by atoms with E-state index >= 15 is 0 Å². The minimum atomic E-state index is -0.834. The standard InChI is InChI=1S/C69H110O6/c1-4-7-10-13-16-19-22-25-28-30-32-33-34-35-37-38-41-44-47-50-53-56-59-62-68(71)74-65-66(64-73-67(70)61-58-55-52-49-46-43-40-27-24-21-18-15-12-9-6-3)75-69(72)63-60-57-54-51-48-45-42-39-36-31-29-26-23-20-17-14-11-8-5-2/h7,9-10,12,16-21,25-29,32-33,36,39-40,46,49,55,58,66H,4-6,8,11,13-15,22-24,30-31,34-35,37-38,41-45,47-48,50-54,56-57,59-65H2,1-3H3/b10-7-,12-9-,19-16-,20-17-,21-18-,28-25-,29-26-,33-32-,39-36-,40-27-,49-46-,58-55-. The van der Waals surface area contributed by atoms with Crippen LogP contribution in [-0.2, 0) is 28.6 Å². The van der Waals surface area contributed by atoms with Crippen LogP contribution in [0.1, 0.15) is 252 Å². The molecule has 1 unspecified atom stereocenters. The second-order valence-electron chi connectivity index (χ2n) is 19.5. The Kier molecular flexibility index (Phi) is 58.0. The summed E-state index contributed by atoms with van der Waals surface area (Å²) in [4.78, 5) is 38.2. The Bertz CT molecular complexity index is 1660. The van der Waals surface area contributed by atoms with Gasteiger partial charge in [0.05, 0.1) is 6.42 Å². The van der Waals surface area contributed by atoms with Crippen LogP contribution in [0.3, 0.4) is 0 Å². The summed E-state index contributed by atoms with van der Waals surface area (Å²) in [6.45, 7) is 6.28. The molecule has 0 aromatic heterocycles. The molecule has 0 bridgehead atoms. The van der Waals surface area contributed by atoms with Gasteiger partial charge in [-0.05, 0) is 122 Å². The van der Waals surface area contributed by atoms with Gasteiger partial charge in [0.2, 0.25) is 0 Å². The number of unbranched alkanes of at least 4 members (excludes halogenated alkanes) is 19. The van der Waals surface area contributed by atoms with Gasteiger partial charge in [-0.1, -0.05) is 256 Å². The summed E-state index contributed by atoms with van der Waals surface area (Å²) in [7, 11) is 0. The monoisotopic (exact) mass is 1030 g/mol. The van der Waals surface area contributed by atoms with E-state index in [1.54, 1.807) is 6.08 Å². The van der Waals surface area contributed by atoms with Crippen molar-refractivity contribution in [3.63, 3.8) is 0 Å². The van der Waals surface area contributed by atoms with Crippen LogP contribution in [0.2, 0.25) is 0 Å². The van der Waals surface area contributed by atoms with Gasteiger partial charge in [-0.2, -0.15) is 0 Å². The number of carbonyl (C=O) groups excluding carboxylic acids is 3. The van der Waals surface area contributed by atoms with Crippen LogP contribution in [0, 0.1) is 0 Å². The highest BCUT2D eigenvalue weighted by molar-refractivity contribution is 5.72. The highest BCUT2D eigenvalue weighted by atomic mass is 16.6. The van der Waals surface area contributed by atoms with Crippen molar-refractivity contribution >= 4 is 17.9 Å². The smallest absolute Gasteiger partial charge is 0.309 e. The molecule has 6 nitrogen and oxygen atoms in total. The number of rotatable bonds is 53. The van der Waals surface area contributed by atoms with Crippen molar-refractivity contribution in [2.45, 2.75) is 258 Å². The topological polar surface area (TPSA) is 78.9 Å². The van der Waals surface area contributed by atoms with E-state index in [0.717, 1.165) is 122 Å². The quantitative estimate of drug-likeness (QED) is 0.0261. The molecule has 75 heavy (non-hydrogen) atoms. The molecule has 0 fully saturated rings. The predicted octanol–water partition coefficient (Wildman–Crippen LogP) is 20.8. The lowest BCUT2D eigenvalue weighted by molar-refractivity contribution is -0.166. The molecule has 0 aliphatic carbocycles. The summed E-state index contributed by atoms with van der Waals surface area (Å²) < 4.78 is 16.8. The Hall–Kier alpha value is -4.71. The zero-order valence-electron chi connectivity index (χ0n) is 48.3. The second-order valence-corrected chi connectivity index (χ2v) is 19.5. The third-order valence-electron chi connectivity index (χ3n) is 12.3. The largest absolute Gasteiger partial charge is 0.462 e. The number of esters is 3. The van der Waals surface area contributed by atoms with Gasteiger partial charge in [0.15, 0.2) is 6.10 Å². The second kappa shape index (κ2) is 61.8. The molecule has 0 saturated heterocycles. The maximum Gasteiger partial charge on any atom is 0.309 e. The lowest BCUT2D eigenvalue weighted by Crippen LogP contribution is -2.30. The highest BCUT2D eigenvalue weighted by Crippen LogP contribution is 2.14. The average Bonchev–Trinajstić information content (AvgIpc) is 3.41. The van der Waals surface area contributed by atoms with Gasteiger partial charge in [-0.25, -0.2) is 0 Å². The molecule has 1 atom stereocenters. The summed E-state index contributed by atoms with van der Waals surface area (Å²) in [5, 5.41) is 0. The van der Waals surface area contributed by atoms with E-state index < -0.39 is 12.1 Å². The lowest BCUT2D eigenvalue weighted by Gasteiger charge is -2.18. The normalized spacial score (nSPS) is 13.2. The first-order chi connectivity index (χ1) is 37.0. The van der Waals surface area contributed by atoms with Gasteiger partial charge in [0.1, 0.15) is 13.2 Å². The van der Waals surface area contributed by atoms with Crippen LogP contribution in [0.4, 0.5) is 0 Å². The van der Waals surface area contributed by atoms with E-state index in [4.69, 9.17) is 14.2 Å². The molecule has 0 rings (SSSR count). The molecule has 0 aliphatic rings. The Morgan fingerprint density at radius 1 is 0.293 bits per heavy atom. The Labute approximate surface area is 461 Å². The number of ether oxygens (including phenoxy) is 3. The molecule has 6 heteroatoms. The van der Waals surface area contributed by atoms with Gasteiger partial charge in [-0.3, -0.25) is 14.4 Å². The fourth-order valence-corrected chi connectivity index (χ4v) is 7.87. The van der Waals surface area contributed by atoms with E-state index in [-0.39, 0.29) is 38.0 Å². The van der Waals surface area contributed by atoms with Gasteiger partial charge >= 0.3 is 17.9 Å². The third kappa shape index (κ3) is 60.0. The van der Waals surface area contributed by atoms with Gasteiger partial charge in [0, 0.05) is 12.8 Å². The van der Waals surface area contributed by atoms with Crippen LogP contribution < -0.4 is 0 Å². The number of carbonyl (C=O) groups is 3. The molecule has 0 spiro atoms. The summed E-state index contributed by atoms with van der Waals surface area (Å²) in [6.07, 6.45) is 88.6. The van der Waals surface area contributed by atoms with E-state index in [1.807, 2.05) is 6.08 Å². The van der Waals surface area contributed by atoms with Crippen LogP contribution >= 0.6 is 0 Å². The molecule has 0 radical (unpaired) electrons. The van der Waals surface area contributed by atoms with Crippen molar-refractivity contribution in [1.29, 1.82) is 0 Å². The highest BCUT2D eigenvalue weighted by Gasteiger charge is 2.19. The minimum absolute atomic E-state index is 0.117. The Morgan fingerprint density at radius 2 is 0.573 bits per heavy atom. The first kappa shape index (κ1) is 70.3. The fourth-order valence-electron chi connectivity index (χ4n) is 7.87. The molecule has 0 heterocycles. The average molecular weight is 1040 g/mol. The third-order valence-corrected chi connectivity index (χ3v) is 12.3. The van der Waals surface area contributed by atoms with Crippen molar-refractivity contribution in [3.8, 4) is 0 Å². The van der Waals surface area contributed by atoms with Crippen LogP contribution in [0.5, 0.6) is 0 Å². The molecule has 0 saturated carbocycles.